The van der Waals surface area contributed by atoms with E-state index in [4.69, 9.17) is 4.74 Å². The number of para-hydroxylation sites is 1. The summed E-state index contributed by atoms with van der Waals surface area (Å²) in [7, 11) is 1.62. The summed E-state index contributed by atoms with van der Waals surface area (Å²) in [6, 6.07) is 14.7. The van der Waals surface area contributed by atoms with Crippen molar-refractivity contribution in [1.29, 1.82) is 0 Å². The van der Waals surface area contributed by atoms with Gasteiger partial charge in [0.25, 0.3) is 5.91 Å². The summed E-state index contributed by atoms with van der Waals surface area (Å²) < 4.78 is 5.24. The first-order chi connectivity index (χ1) is 9.20. The van der Waals surface area contributed by atoms with Crippen molar-refractivity contribution < 1.29 is 9.53 Å². The third-order valence-corrected chi connectivity index (χ3v) is 3.06. The SMILES string of the molecule is COc1ccccc1CNC(=O)c1ccc(S)cc1. The summed E-state index contributed by atoms with van der Waals surface area (Å²) in [6.07, 6.45) is 0. The Hall–Kier alpha value is -1.94. The Bertz CT molecular complexity index is 567. The molecule has 0 aliphatic rings. The summed E-state index contributed by atoms with van der Waals surface area (Å²) in [6.45, 7) is 0.436. The molecular formula is C15H15NO2S. The number of methoxy groups -OCH3 is 1. The summed E-state index contributed by atoms with van der Waals surface area (Å²) in [5, 5.41) is 2.87. The van der Waals surface area contributed by atoms with E-state index in [1.165, 1.54) is 0 Å². The molecule has 0 aromatic heterocycles. The fourth-order valence-corrected chi connectivity index (χ4v) is 1.89. The minimum Gasteiger partial charge on any atom is -0.496 e. The molecule has 0 unspecified atom stereocenters. The highest BCUT2D eigenvalue weighted by Crippen LogP contribution is 2.17. The van der Waals surface area contributed by atoms with Crippen LogP contribution in [0.15, 0.2) is 53.4 Å². The van der Waals surface area contributed by atoms with Gasteiger partial charge in [0.15, 0.2) is 0 Å². The smallest absolute Gasteiger partial charge is 0.251 e. The van der Waals surface area contributed by atoms with Gasteiger partial charge in [-0.2, -0.15) is 0 Å². The minimum atomic E-state index is -0.112. The number of nitrogens with one attached hydrogen (secondary N) is 1. The molecule has 0 bridgehead atoms. The van der Waals surface area contributed by atoms with E-state index >= 15 is 0 Å². The molecule has 0 atom stereocenters. The van der Waals surface area contributed by atoms with Crippen LogP contribution in [-0.2, 0) is 6.54 Å². The molecule has 3 nitrogen and oxygen atoms in total. The monoisotopic (exact) mass is 273 g/mol. The molecule has 0 saturated carbocycles. The first-order valence-electron chi connectivity index (χ1n) is 5.90. The van der Waals surface area contributed by atoms with Crippen molar-refractivity contribution in [3.8, 4) is 5.75 Å². The number of benzene rings is 2. The van der Waals surface area contributed by atoms with Crippen LogP contribution in [0.3, 0.4) is 0 Å². The van der Waals surface area contributed by atoms with Gasteiger partial charge in [0.2, 0.25) is 0 Å². The van der Waals surface area contributed by atoms with Crippen LogP contribution in [0.2, 0.25) is 0 Å². The second-order valence-electron chi connectivity index (χ2n) is 4.04. The summed E-state index contributed by atoms with van der Waals surface area (Å²) in [5.41, 5.74) is 1.57. The van der Waals surface area contributed by atoms with E-state index in [9.17, 15) is 4.79 Å². The average molecular weight is 273 g/mol. The van der Waals surface area contributed by atoms with Crippen LogP contribution >= 0.6 is 12.6 Å². The van der Waals surface area contributed by atoms with Gasteiger partial charge in [-0.05, 0) is 30.3 Å². The lowest BCUT2D eigenvalue weighted by atomic mass is 10.2. The molecule has 1 N–H and O–H groups in total. The van der Waals surface area contributed by atoms with Crippen LogP contribution in [0.25, 0.3) is 0 Å². The van der Waals surface area contributed by atoms with Crippen LogP contribution < -0.4 is 10.1 Å². The van der Waals surface area contributed by atoms with Gasteiger partial charge in [-0.3, -0.25) is 4.79 Å². The largest absolute Gasteiger partial charge is 0.496 e. The maximum atomic E-state index is 12.0. The Morgan fingerprint density at radius 3 is 2.53 bits per heavy atom. The van der Waals surface area contributed by atoms with Gasteiger partial charge >= 0.3 is 0 Å². The first-order valence-corrected chi connectivity index (χ1v) is 6.34. The van der Waals surface area contributed by atoms with Crippen molar-refractivity contribution in [2.24, 2.45) is 0 Å². The van der Waals surface area contributed by atoms with Crippen molar-refractivity contribution >= 4 is 18.5 Å². The van der Waals surface area contributed by atoms with Crippen LogP contribution in [0.5, 0.6) is 5.75 Å². The van der Waals surface area contributed by atoms with Crippen LogP contribution in [-0.4, -0.2) is 13.0 Å². The quantitative estimate of drug-likeness (QED) is 0.841. The normalized spacial score (nSPS) is 10.0. The molecule has 98 valence electrons. The van der Waals surface area contributed by atoms with Gasteiger partial charge in [-0.25, -0.2) is 0 Å². The van der Waals surface area contributed by atoms with E-state index in [1.54, 1.807) is 31.4 Å². The standard InChI is InChI=1S/C15H15NO2S/c1-18-14-5-3-2-4-12(14)10-16-15(17)11-6-8-13(19)9-7-11/h2-9,19H,10H2,1H3,(H,16,17). The zero-order chi connectivity index (χ0) is 13.7. The molecule has 1 amide bonds. The molecule has 2 aromatic rings. The molecule has 0 radical (unpaired) electrons. The zero-order valence-electron chi connectivity index (χ0n) is 10.6. The van der Waals surface area contributed by atoms with Crippen molar-refractivity contribution in [3.05, 3.63) is 59.7 Å². The lowest BCUT2D eigenvalue weighted by Gasteiger charge is -2.09. The van der Waals surface area contributed by atoms with Crippen molar-refractivity contribution in [2.45, 2.75) is 11.4 Å². The number of thiol groups is 1. The Labute approximate surface area is 118 Å². The Kier molecular flexibility index (Phi) is 4.47. The first kappa shape index (κ1) is 13.5. The molecule has 0 saturated heterocycles. The van der Waals surface area contributed by atoms with Crippen molar-refractivity contribution in [2.75, 3.05) is 7.11 Å². The number of carbonyl (C=O) groups excluding carboxylic acids is 1. The van der Waals surface area contributed by atoms with E-state index in [0.717, 1.165) is 16.2 Å². The molecule has 4 heteroatoms. The molecule has 2 aromatic carbocycles. The predicted octanol–water partition coefficient (Wildman–Crippen LogP) is 2.91. The third-order valence-electron chi connectivity index (χ3n) is 2.76. The molecule has 0 spiro atoms. The van der Waals surface area contributed by atoms with Gasteiger partial charge in [-0.1, -0.05) is 18.2 Å². The third kappa shape index (κ3) is 3.51. The van der Waals surface area contributed by atoms with Gasteiger partial charge in [0.05, 0.1) is 7.11 Å². The lowest BCUT2D eigenvalue weighted by molar-refractivity contribution is 0.0950. The average Bonchev–Trinajstić information content (AvgIpc) is 2.45. The molecule has 2 rings (SSSR count). The number of hydrogen-bond donors (Lipinski definition) is 2. The molecule has 0 fully saturated rings. The second-order valence-corrected chi connectivity index (χ2v) is 4.56. The molecular weight excluding hydrogens is 258 g/mol. The van der Waals surface area contributed by atoms with Gasteiger partial charge in [-0.15, -0.1) is 12.6 Å². The maximum absolute atomic E-state index is 12.0. The highest BCUT2D eigenvalue weighted by Gasteiger charge is 2.06. The Morgan fingerprint density at radius 1 is 1.16 bits per heavy atom. The lowest BCUT2D eigenvalue weighted by Crippen LogP contribution is -2.22. The fourth-order valence-electron chi connectivity index (χ4n) is 1.74. The second kappa shape index (κ2) is 6.29. The van der Waals surface area contributed by atoms with Gasteiger partial charge in [0, 0.05) is 22.6 Å². The highest BCUT2D eigenvalue weighted by molar-refractivity contribution is 7.80. The van der Waals surface area contributed by atoms with E-state index in [-0.39, 0.29) is 5.91 Å². The van der Waals surface area contributed by atoms with E-state index in [1.807, 2.05) is 24.3 Å². The van der Waals surface area contributed by atoms with Gasteiger partial charge < -0.3 is 10.1 Å². The molecule has 0 aliphatic carbocycles. The predicted molar refractivity (Wildman–Crippen MR) is 77.9 cm³/mol. The van der Waals surface area contributed by atoms with E-state index < -0.39 is 0 Å². The molecule has 19 heavy (non-hydrogen) atoms. The number of amides is 1. The van der Waals surface area contributed by atoms with Crippen molar-refractivity contribution in [1.82, 2.24) is 5.32 Å². The van der Waals surface area contributed by atoms with Crippen LogP contribution in [0, 0.1) is 0 Å². The van der Waals surface area contributed by atoms with Crippen LogP contribution in [0.4, 0.5) is 0 Å². The van der Waals surface area contributed by atoms with Crippen molar-refractivity contribution in [3.63, 3.8) is 0 Å². The maximum Gasteiger partial charge on any atom is 0.251 e. The fraction of sp³-hybridized carbons (Fsp3) is 0.133. The Morgan fingerprint density at radius 2 is 1.84 bits per heavy atom. The number of rotatable bonds is 4. The topological polar surface area (TPSA) is 38.3 Å². The van der Waals surface area contributed by atoms with Crippen LogP contribution in [0.1, 0.15) is 15.9 Å². The highest BCUT2D eigenvalue weighted by atomic mass is 32.1. The summed E-state index contributed by atoms with van der Waals surface area (Å²) >= 11 is 4.19. The number of carbonyl (C=O) groups is 1. The number of ether oxygens (including phenoxy) is 1. The zero-order valence-corrected chi connectivity index (χ0v) is 11.5. The van der Waals surface area contributed by atoms with E-state index in [2.05, 4.69) is 17.9 Å². The number of hydrogen-bond acceptors (Lipinski definition) is 3. The Balaban J connectivity index is 2.02. The molecule has 0 aliphatic heterocycles. The summed E-state index contributed by atoms with van der Waals surface area (Å²) in [5.74, 6) is 0.660. The van der Waals surface area contributed by atoms with Gasteiger partial charge in [0.1, 0.15) is 5.75 Å². The van der Waals surface area contributed by atoms with E-state index in [0.29, 0.717) is 12.1 Å². The minimum absolute atomic E-state index is 0.112. The molecule has 0 heterocycles. The summed E-state index contributed by atoms with van der Waals surface area (Å²) in [4.78, 5) is 12.8.